The molecule has 2 atom stereocenters. The minimum Gasteiger partial charge on any atom is -0.495 e. The summed E-state index contributed by atoms with van der Waals surface area (Å²) < 4.78 is 11.6. The van der Waals surface area contributed by atoms with E-state index in [1.54, 1.807) is 49.7 Å². The molecule has 0 aliphatic carbocycles. The standard InChI is InChI=1S/C29H26N4O5S/c1-37-23-11-3-2-9-20(23)31-25(34)14-16-33-27(26(32-29(33)39)21-10-4-5-15-30-21)24-13-12-22(38-24)18-7-6-8-19(17-18)28(35)36/h2-13,15,17,26-27H,14,16H2,1H3,(H,31,34)(H,32,39)(H,35,36)/t26-,27+/m1/s1. The average Bonchev–Trinajstić information content (AvgIpc) is 3.57. The van der Waals surface area contributed by atoms with E-state index in [2.05, 4.69) is 15.6 Å². The van der Waals surface area contributed by atoms with Gasteiger partial charge in [-0.05, 0) is 60.7 Å². The number of ether oxygens (including phenoxy) is 1. The van der Waals surface area contributed by atoms with Gasteiger partial charge in [-0.1, -0.05) is 30.3 Å². The number of aromatic nitrogens is 1. The number of hydrogen-bond acceptors (Lipinski definition) is 6. The number of hydrogen-bond donors (Lipinski definition) is 3. The Morgan fingerprint density at radius 2 is 1.92 bits per heavy atom. The summed E-state index contributed by atoms with van der Waals surface area (Å²) >= 11 is 5.69. The Morgan fingerprint density at radius 1 is 1.10 bits per heavy atom. The molecule has 1 aliphatic heterocycles. The minimum atomic E-state index is -1.01. The van der Waals surface area contributed by atoms with Crippen molar-refractivity contribution in [2.24, 2.45) is 0 Å². The van der Waals surface area contributed by atoms with Crippen LogP contribution in [0.3, 0.4) is 0 Å². The van der Waals surface area contributed by atoms with Gasteiger partial charge in [-0.2, -0.15) is 0 Å². The molecule has 0 spiro atoms. The number of pyridine rings is 1. The van der Waals surface area contributed by atoms with E-state index in [1.165, 1.54) is 6.07 Å². The van der Waals surface area contributed by atoms with Crippen LogP contribution < -0.4 is 15.4 Å². The molecular weight excluding hydrogens is 516 g/mol. The van der Waals surface area contributed by atoms with Crippen LogP contribution in [0.15, 0.2) is 89.5 Å². The molecule has 198 valence electrons. The number of carboxylic acids is 1. The van der Waals surface area contributed by atoms with Crippen molar-refractivity contribution in [2.45, 2.75) is 18.5 Å². The Labute approximate surface area is 230 Å². The van der Waals surface area contributed by atoms with Crippen LogP contribution in [-0.4, -0.2) is 45.6 Å². The Kier molecular flexibility index (Phi) is 7.55. The third kappa shape index (κ3) is 5.60. The molecule has 3 N–H and O–H groups in total. The summed E-state index contributed by atoms with van der Waals surface area (Å²) in [5.41, 5.74) is 2.18. The van der Waals surface area contributed by atoms with E-state index in [1.807, 2.05) is 41.3 Å². The molecule has 2 aromatic heterocycles. The van der Waals surface area contributed by atoms with Gasteiger partial charge in [-0.15, -0.1) is 0 Å². The van der Waals surface area contributed by atoms with Gasteiger partial charge in [0.05, 0.1) is 30.1 Å². The van der Waals surface area contributed by atoms with E-state index in [0.717, 1.165) is 5.69 Å². The van der Waals surface area contributed by atoms with Gasteiger partial charge >= 0.3 is 5.97 Å². The van der Waals surface area contributed by atoms with Gasteiger partial charge < -0.3 is 29.8 Å². The highest BCUT2D eigenvalue weighted by atomic mass is 32.1. The molecular formula is C29H26N4O5S. The van der Waals surface area contributed by atoms with Crippen LogP contribution >= 0.6 is 12.2 Å². The molecule has 4 aromatic rings. The molecule has 2 aromatic carbocycles. The summed E-state index contributed by atoms with van der Waals surface area (Å²) in [5, 5.41) is 16.1. The second-order valence-corrected chi connectivity index (χ2v) is 9.29. The van der Waals surface area contributed by atoms with Gasteiger partial charge in [0.2, 0.25) is 5.91 Å². The SMILES string of the molecule is COc1ccccc1NC(=O)CCN1C(=S)N[C@H](c2ccccn2)[C@@H]1c1ccc(-c2cccc(C(=O)O)c2)o1. The highest BCUT2D eigenvalue weighted by Gasteiger charge is 2.41. The summed E-state index contributed by atoms with van der Waals surface area (Å²) in [5.74, 6) is 0.514. The van der Waals surface area contributed by atoms with Gasteiger partial charge in [0.25, 0.3) is 0 Å². The number of carbonyl (C=O) groups excluding carboxylic acids is 1. The first-order chi connectivity index (χ1) is 18.9. The number of rotatable bonds is 9. The lowest BCUT2D eigenvalue weighted by molar-refractivity contribution is -0.116. The molecule has 0 unspecified atom stereocenters. The molecule has 5 rings (SSSR count). The fourth-order valence-electron chi connectivity index (χ4n) is 4.61. The van der Waals surface area contributed by atoms with Crippen LogP contribution in [0, 0.1) is 0 Å². The number of carbonyl (C=O) groups is 2. The summed E-state index contributed by atoms with van der Waals surface area (Å²) in [6.07, 6.45) is 1.88. The Balaban J connectivity index is 1.41. The number of benzene rings is 2. The third-order valence-corrected chi connectivity index (χ3v) is 6.82. The van der Waals surface area contributed by atoms with E-state index in [-0.39, 0.29) is 30.0 Å². The van der Waals surface area contributed by atoms with Crippen LogP contribution in [0.1, 0.15) is 40.3 Å². The van der Waals surface area contributed by atoms with Crippen molar-refractivity contribution in [1.29, 1.82) is 0 Å². The number of para-hydroxylation sites is 2. The van der Waals surface area contributed by atoms with Crippen LogP contribution in [-0.2, 0) is 4.79 Å². The van der Waals surface area contributed by atoms with Crippen molar-refractivity contribution < 1.29 is 23.8 Å². The Bertz CT molecular complexity index is 1510. The highest BCUT2D eigenvalue weighted by Crippen LogP contribution is 2.40. The second kappa shape index (κ2) is 11.4. The third-order valence-electron chi connectivity index (χ3n) is 6.47. The number of carboxylic acid groups (broad SMARTS) is 1. The Morgan fingerprint density at radius 3 is 2.69 bits per heavy atom. The van der Waals surface area contributed by atoms with E-state index >= 15 is 0 Å². The average molecular weight is 543 g/mol. The van der Waals surface area contributed by atoms with Gasteiger partial charge in [0.1, 0.15) is 23.3 Å². The lowest BCUT2D eigenvalue weighted by Crippen LogP contribution is -2.32. The number of amides is 1. The molecule has 0 radical (unpaired) electrons. The summed E-state index contributed by atoms with van der Waals surface area (Å²) in [7, 11) is 1.55. The first-order valence-electron chi connectivity index (χ1n) is 12.3. The minimum absolute atomic E-state index is 0.166. The van der Waals surface area contributed by atoms with E-state index in [0.29, 0.717) is 40.2 Å². The van der Waals surface area contributed by atoms with E-state index < -0.39 is 5.97 Å². The maximum Gasteiger partial charge on any atom is 0.335 e. The molecule has 0 saturated carbocycles. The predicted octanol–water partition coefficient (Wildman–Crippen LogP) is 5.05. The molecule has 1 aliphatic rings. The first kappa shape index (κ1) is 25.9. The number of aromatic carboxylic acids is 1. The monoisotopic (exact) mass is 542 g/mol. The predicted molar refractivity (Wildman–Crippen MR) is 150 cm³/mol. The molecule has 3 heterocycles. The first-order valence-corrected chi connectivity index (χ1v) is 12.7. The number of methoxy groups -OCH3 is 1. The van der Waals surface area contributed by atoms with Crippen LogP contribution in [0.4, 0.5) is 5.69 Å². The molecule has 10 heteroatoms. The molecule has 39 heavy (non-hydrogen) atoms. The number of anilines is 1. The molecule has 0 bridgehead atoms. The maximum absolute atomic E-state index is 12.9. The smallest absolute Gasteiger partial charge is 0.335 e. The lowest BCUT2D eigenvalue weighted by Gasteiger charge is -2.26. The van der Waals surface area contributed by atoms with Crippen LogP contribution in [0.25, 0.3) is 11.3 Å². The van der Waals surface area contributed by atoms with Crippen LogP contribution in [0.2, 0.25) is 0 Å². The van der Waals surface area contributed by atoms with Crippen molar-refractivity contribution in [3.8, 4) is 17.1 Å². The van der Waals surface area contributed by atoms with Crippen molar-refractivity contribution >= 4 is 34.9 Å². The van der Waals surface area contributed by atoms with Crippen molar-refractivity contribution in [3.05, 3.63) is 102 Å². The molecule has 9 nitrogen and oxygen atoms in total. The van der Waals surface area contributed by atoms with E-state index in [9.17, 15) is 14.7 Å². The number of thiocarbonyl (C=S) groups is 1. The normalized spacial score (nSPS) is 16.5. The van der Waals surface area contributed by atoms with Crippen molar-refractivity contribution in [1.82, 2.24) is 15.2 Å². The quantitative estimate of drug-likeness (QED) is 0.250. The van der Waals surface area contributed by atoms with Crippen LogP contribution in [0.5, 0.6) is 5.75 Å². The summed E-state index contributed by atoms with van der Waals surface area (Å²) in [4.78, 5) is 30.8. The lowest BCUT2D eigenvalue weighted by atomic mass is 10.0. The fraction of sp³-hybridized carbons (Fsp3) is 0.172. The maximum atomic E-state index is 12.9. The Hall–Kier alpha value is -4.70. The number of nitrogens with zero attached hydrogens (tertiary/aromatic N) is 2. The largest absolute Gasteiger partial charge is 0.495 e. The van der Waals surface area contributed by atoms with Gasteiger partial charge in [-0.3, -0.25) is 9.78 Å². The molecule has 1 fully saturated rings. The highest BCUT2D eigenvalue weighted by molar-refractivity contribution is 7.80. The number of furan rings is 1. The zero-order chi connectivity index (χ0) is 27.4. The van der Waals surface area contributed by atoms with Crippen molar-refractivity contribution in [2.75, 3.05) is 19.0 Å². The zero-order valence-electron chi connectivity index (χ0n) is 21.0. The van der Waals surface area contributed by atoms with Crippen molar-refractivity contribution in [3.63, 3.8) is 0 Å². The molecule has 1 saturated heterocycles. The summed E-state index contributed by atoms with van der Waals surface area (Å²) in [6.45, 7) is 0.325. The van der Waals surface area contributed by atoms with Gasteiger partial charge in [-0.25, -0.2) is 4.79 Å². The second-order valence-electron chi connectivity index (χ2n) is 8.91. The zero-order valence-corrected chi connectivity index (χ0v) is 21.9. The number of nitrogens with one attached hydrogen (secondary N) is 2. The fourth-order valence-corrected chi connectivity index (χ4v) is 4.94. The summed E-state index contributed by atoms with van der Waals surface area (Å²) in [6, 6.07) is 22.4. The van der Waals surface area contributed by atoms with Gasteiger partial charge in [0.15, 0.2) is 5.11 Å². The van der Waals surface area contributed by atoms with E-state index in [4.69, 9.17) is 21.4 Å². The topological polar surface area (TPSA) is 117 Å². The van der Waals surface area contributed by atoms with Gasteiger partial charge in [0, 0.05) is 24.7 Å². The molecule has 1 amide bonds.